The number of aryl methyl sites for hydroxylation is 1. The van der Waals surface area contributed by atoms with Crippen LogP contribution in [-0.2, 0) is 6.42 Å². The molecule has 2 aromatic rings. The highest BCUT2D eigenvalue weighted by atomic mass is 16.4. The van der Waals surface area contributed by atoms with Gasteiger partial charge in [0, 0.05) is 18.8 Å². The molecule has 2 rings (SSSR count). The number of pyridine rings is 1. The SMILES string of the molecule is ON=Cc1ccc(C#CCCc2cccnc2)nn1. The zero-order chi connectivity index (χ0) is 13.3. The molecule has 0 bridgehead atoms. The van der Waals surface area contributed by atoms with E-state index in [4.69, 9.17) is 5.21 Å². The molecule has 0 aromatic carbocycles. The van der Waals surface area contributed by atoms with Crippen LogP contribution in [0.5, 0.6) is 0 Å². The molecule has 0 aliphatic carbocycles. The first kappa shape index (κ1) is 12.7. The maximum absolute atomic E-state index is 8.34. The number of rotatable bonds is 3. The van der Waals surface area contributed by atoms with Gasteiger partial charge in [-0.3, -0.25) is 4.98 Å². The molecule has 5 heteroatoms. The molecule has 0 radical (unpaired) electrons. The van der Waals surface area contributed by atoms with Crippen molar-refractivity contribution in [1.82, 2.24) is 15.2 Å². The second kappa shape index (κ2) is 6.87. The van der Waals surface area contributed by atoms with Crippen molar-refractivity contribution < 1.29 is 5.21 Å². The molecule has 0 saturated heterocycles. The van der Waals surface area contributed by atoms with Crippen LogP contribution in [0, 0.1) is 11.8 Å². The molecular weight excluding hydrogens is 240 g/mol. The number of nitrogens with zero attached hydrogens (tertiary/aromatic N) is 4. The van der Waals surface area contributed by atoms with Gasteiger partial charge in [0.15, 0.2) is 0 Å². The lowest BCUT2D eigenvalue weighted by atomic mass is 10.1. The molecule has 19 heavy (non-hydrogen) atoms. The van der Waals surface area contributed by atoms with Crippen molar-refractivity contribution in [3.63, 3.8) is 0 Å². The molecule has 0 aliphatic heterocycles. The molecule has 0 saturated carbocycles. The van der Waals surface area contributed by atoms with E-state index >= 15 is 0 Å². The number of hydrogen-bond acceptors (Lipinski definition) is 5. The summed E-state index contributed by atoms with van der Waals surface area (Å²) in [5.41, 5.74) is 2.25. The van der Waals surface area contributed by atoms with Crippen LogP contribution in [-0.4, -0.2) is 26.6 Å². The van der Waals surface area contributed by atoms with Crippen LogP contribution >= 0.6 is 0 Å². The van der Waals surface area contributed by atoms with Gasteiger partial charge in [0.25, 0.3) is 0 Å². The van der Waals surface area contributed by atoms with Crippen LogP contribution in [0.4, 0.5) is 0 Å². The first-order valence-corrected chi connectivity index (χ1v) is 5.77. The Hall–Kier alpha value is -2.74. The summed E-state index contributed by atoms with van der Waals surface area (Å²) in [4.78, 5) is 4.05. The van der Waals surface area contributed by atoms with Gasteiger partial charge in [-0.1, -0.05) is 17.1 Å². The third-order valence-electron chi connectivity index (χ3n) is 2.35. The largest absolute Gasteiger partial charge is 0.411 e. The van der Waals surface area contributed by atoms with E-state index in [9.17, 15) is 0 Å². The Balaban J connectivity index is 1.89. The van der Waals surface area contributed by atoms with Crippen molar-refractivity contribution in [2.45, 2.75) is 12.8 Å². The summed E-state index contributed by atoms with van der Waals surface area (Å²) in [7, 11) is 0. The van der Waals surface area contributed by atoms with E-state index in [0.29, 0.717) is 11.4 Å². The summed E-state index contributed by atoms with van der Waals surface area (Å²) < 4.78 is 0. The van der Waals surface area contributed by atoms with Crippen LogP contribution in [0.2, 0.25) is 0 Å². The summed E-state index contributed by atoms with van der Waals surface area (Å²) in [6.07, 6.45) is 6.41. The summed E-state index contributed by atoms with van der Waals surface area (Å²) in [5, 5.41) is 19.0. The van der Waals surface area contributed by atoms with Crippen LogP contribution in [0.3, 0.4) is 0 Å². The molecule has 0 atom stereocenters. The van der Waals surface area contributed by atoms with Gasteiger partial charge in [0.2, 0.25) is 0 Å². The molecule has 0 amide bonds. The third-order valence-corrected chi connectivity index (χ3v) is 2.35. The Bertz CT molecular complexity index is 597. The van der Waals surface area contributed by atoms with Crippen molar-refractivity contribution in [3.05, 3.63) is 53.6 Å². The predicted octanol–water partition coefficient (Wildman–Crippen LogP) is 1.66. The van der Waals surface area contributed by atoms with E-state index in [1.807, 2.05) is 18.3 Å². The molecule has 0 unspecified atom stereocenters. The zero-order valence-electron chi connectivity index (χ0n) is 10.2. The van der Waals surface area contributed by atoms with Gasteiger partial charge in [-0.15, -0.1) is 10.2 Å². The van der Waals surface area contributed by atoms with E-state index in [-0.39, 0.29) is 0 Å². The molecule has 5 nitrogen and oxygen atoms in total. The summed E-state index contributed by atoms with van der Waals surface area (Å²) in [5.74, 6) is 5.97. The van der Waals surface area contributed by atoms with Crippen LogP contribution in [0.1, 0.15) is 23.4 Å². The van der Waals surface area contributed by atoms with E-state index in [2.05, 4.69) is 32.2 Å². The molecule has 2 heterocycles. The number of hydrogen-bond donors (Lipinski definition) is 1. The third kappa shape index (κ3) is 4.21. The minimum Gasteiger partial charge on any atom is -0.411 e. The monoisotopic (exact) mass is 252 g/mol. The summed E-state index contributed by atoms with van der Waals surface area (Å²) in [6, 6.07) is 7.37. The fourth-order valence-electron chi connectivity index (χ4n) is 1.44. The average molecular weight is 252 g/mol. The Kier molecular flexibility index (Phi) is 4.59. The van der Waals surface area contributed by atoms with Crippen LogP contribution in [0.15, 0.2) is 41.8 Å². The highest BCUT2D eigenvalue weighted by Gasteiger charge is 1.92. The smallest absolute Gasteiger partial charge is 0.135 e. The standard InChI is InChI=1S/C14H12N4O/c19-16-11-14-8-7-13(17-18-14)6-2-1-4-12-5-3-9-15-10-12/h3,5,7-11,19H,1,4H2. The minimum absolute atomic E-state index is 0.489. The minimum atomic E-state index is 0.489. The summed E-state index contributed by atoms with van der Waals surface area (Å²) >= 11 is 0. The second-order valence-corrected chi connectivity index (χ2v) is 3.75. The van der Waals surface area contributed by atoms with E-state index in [1.165, 1.54) is 6.21 Å². The topological polar surface area (TPSA) is 71.3 Å². The second-order valence-electron chi connectivity index (χ2n) is 3.75. The van der Waals surface area contributed by atoms with Crippen LogP contribution in [0.25, 0.3) is 0 Å². The maximum atomic E-state index is 8.34. The lowest BCUT2D eigenvalue weighted by Crippen LogP contribution is -1.93. The Morgan fingerprint density at radius 2 is 2.21 bits per heavy atom. The van der Waals surface area contributed by atoms with Gasteiger partial charge in [-0.05, 0) is 36.1 Å². The molecule has 0 aliphatic rings. The van der Waals surface area contributed by atoms with E-state index < -0.39 is 0 Å². The van der Waals surface area contributed by atoms with Crippen molar-refractivity contribution >= 4 is 6.21 Å². The quantitative estimate of drug-likeness (QED) is 0.390. The molecule has 1 N–H and O–H groups in total. The van der Waals surface area contributed by atoms with E-state index in [0.717, 1.165) is 18.4 Å². The lowest BCUT2D eigenvalue weighted by Gasteiger charge is -1.94. The van der Waals surface area contributed by atoms with Crippen molar-refractivity contribution in [1.29, 1.82) is 0 Å². The van der Waals surface area contributed by atoms with Gasteiger partial charge >= 0.3 is 0 Å². The first-order chi connectivity index (χ1) is 9.38. The number of aromatic nitrogens is 3. The van der Waals surface area contributed by atoms with Gasteiger partial charge in [-0.2, -0.15) is 0 Å². The molecule has 0 spiro atoms. The number of oxime groups is 1. The Morgan fingerprint density at radius 1 is 1.26 bits per heavy atom. The highest BCUT2D eigenvalue weighted by Crippen LogP contribution is 1.99. The van der Waals surface area contributed by atoms with Crippen molar-refractivity contribution in [3.8, 4) is 11.8 Å². The van der Waals surface area contributed by atoms with Gasteiger partial charge in [-0.25, -0.2) is 0 Å². The molecule has 94 valence electrons. The predicted molar refractivity (Wildman–Crippen MR) is 70.8 cm³/mol. The van der Waals surface area contributed by atoms with Gasteiger partial charge in [0.1, 0.15) is 11.4 Å². The van der Waals surface area contributed by atoms with Crippen molar-refractivity contribution in [2.75, 3.05) is 0 Å². The maximum Gasteiger partial charge on any atom is 0.135 e. The molecule has 0 fully saturated rings. The fourth-order valence-corrected chi connectivity index (χ4v) is 1.44. The molecule has 2 aromatic heterocycles. The molecular formula is C14H12N4O. The van der Waals surface area contributed by atoms with E-state index in [1.54, 1.807) is 18.3 Å². The fraction of sp³-hybridized carbons (Fsp3) is 0.143. The first-order valence-electron chi connectivity index (χ1n) is 5.77. The Labute approximate surface area is 111 Å². The normalized spacial score (nSPS) is 10.1. The van der Waals surface area contributed by atoms with Gasteiger partial charge in [0.05, 0.1) is 6.21 Å². The lowest BCUT2D eigenvalue weighted by molar-refractivity contribution is 0.321. The van der Waals surface area contributed by atoms with Gasteiger partial charge < -0.3 is 5.21 Å². The summed E-state index contributed by atoms with van der Waals surface area (Å²) in [6.45, 7) is 0. The highest BCUT2D eigenvalue weighted by molar-refractivity contribution is 5.75. The van der Waals surface area contributed by atoms with Crippen molar-refractivity contribution in [2.24, 2.45) is 5.16 Å². The average Bonchev–Trinajstić information content (AvgIpc) is 2.47. The van der Waals surface area contributed by atoms with Crippen LogP contribution < -0.4 is 0 Å². The zero-order valence-corrected chi connectivity index (χ0v) is 10.2. The Morgan fingerprint density at radius 3 is 2.89 bits per heavy atom.